The van der Waals surface area contributed by atoms with Crippen molar-refractivity contribution in [1.29, 1.82) is 0 Å². The molecule has 0 unspecified atom stereocenters. The Kier molecular flexibility index (Phi) is 3.87. The topological polar surface area (TPSA) is 108 Å². The van der Waals surface area contributed by atoms with Gasteiger partial charge < -0.3 is 4.74 Å². The summed E-state index contributed by atoms with van der Waals surface area (Å²) in [6.07, 6.45) is 3.82. The number of aromatic nitrogens is 6. The lowest BCUT2D eigenvalue weighted by molar-refractivity contribution is -0.118. The number of tetrazole rings is 1. The molecule has 0 saturated heterocycles. The van der Waals surface area contributed by atoms with E-state index in [1.54, 1.807) is 24.3 Å². The summed E-state index contributed by atoms with van der Waals surface area (Å²) in [4.78, 5) is 11.9. The van der Waals surface area contributed by atoms with Crippen molar-refractivity contribution < 1.29 is 9.53 Å². The molecule has 1 fully saturated rings. The van der Waals surface area contributed by atoms with Gasteiger partial charge in [-0.15, -0.1) is 15.3 Å². The monoisotopic (exact) mass is 343 g/mol. The molecule has 10 heteroatoms. The van der Waals surface area contributed by atoms with Gasteiger partial charge in [-0.3, -0.25) is 10.1 Å². The highest BCUT2D eigenvalue weighted by molar-refractivity contribution is 7.15. The lowest BCUT2D eigenvalue weighted by atomic mass is 10.3. The van der Waals surface area contributed by atoms with Gasteiger partial charge >= 0.3 is 0 Å². The Morgan fingerprint density at radius 2 is 2.12 bits per heavy atom. The summed E-state index contributed by atoms with van der Waals surface area (Å²) in [6.45, 7) is -0.0947. The van der Waals surface area contributed by atoms with Crippen molar-refractivity contribution in [2.45, 2.75) is 18.8 Å². The maximum absolute atomic E-state index is 11.9. The van der Waals surface area contributed by atoms with E-state index >= 15 is 0 Å². The fourth-order valence-corrected chi connectivity index (χ4v) is 2.99. The van der Waals surface area contributed by atoms with E-state index in [-0.39, 0.29) is 12.5 Å². The highest BCUT2D eigenvalue weighted by atomic mass is 32.1. The van der Waals surface area contributed by atoms with Crippen LogP contribution in [0.5, 0.6) is 5.75 Å². The van der Waals surface area contributed by atoms with Gasteiger partial charge in [-0.25, -0.2) is 4.68 Å². The molecule has 2 aromatic heterocycles. The van der Waals surface area contributed by atoms with E-state index in [2.05, 4.69) is 31.0 Å². The van der Waals surface area contributed by atoms with Crippen LogP contribution in [0.4, 0.5) is 5.13 Å². The Hall–Kier alpha value is -2.88. The van der Waals surface area contributed by atoms with Crippen LogP contribution in [0.3, 0.4) is 0 Å². The summed E-state index contributed by atoms with van der Waals surface area (Å²) < 4.78 is 6.99. The van der Waals surface area contributed by atoms with Crippen molar-refractivity contribution in [3.05, 3.63) is 35.6 Å². The van der Waals surface area contributed by atoms with Crippen LogP contribution in [0.1, 0.15) is 23.8 Å². The molecule has 1 aliphatic rings. The molecule has 0 radical (unpaired) electrons. The number of anilines is 1. The average molecular weight is 343 g/mol. The summed E-state index contributed by atoms with van der Waals surface area (Å²) >= 11 is 1.42. The van der Waals surface area contributed by atoms with Crippen LogP contribution in [-0.2, 0) is 4.79 Å². The Balaban J connectivity index is 1.30. The van der Waals surface area contributed by atoms with E-state index in [1.165, 1.54) is 22.3 Å². The summed E-state index contributed by atoms with van der Waals surface area (Å²) in [5, 5.41) is 23.2. The fraction of sp³-hybridized carbons (Fsp3) is 0.286. The minimum atomic E-state index is -0.266. The molecule has 24 heavy (non-hydrogen) atoms. The normalized spacial score (nSPS) is 13.7. The second kappa shape index (κ2) is 6.32. The van der Waals surface area contributed by atoms with Crippen LogP contribution >= 0.6 is 11.3 Å². The molecule has 0 atom stereocenters. The zero-order valence-electron chi connectivity index (χ0n) is 12.5. The molecule has 9 nitrogen and oxygen atoms in total. The second-order valence-electron chi connectivity index (χ2n) is 5.30. The minimum Gasteiger partial charge on any atom is -0.484 e. The number of nitrogens with one attached hydrogen (secondary N) is 1. The summed E-state index contributed by atoms with van der Waals surface area (Å²) in [5.41, 5.74) is 0.804. The first kappa shape index (κ1) is 14.7. The zero-order valence-corrected chi connectivity index (χ0v) is 13.3. The molecule has 1 N–H and O–H groups in total. The van der Waals surface area contributed by atoms with Crippen LogP contribution in [-0.4, -0.2) is 42.9 Å². The lowest BCUT2D eigenvalue weighted by Crippen LogP contribution is -2.20. The highest BCUT2D eigenvalue weighted by Gasteiger charge is 2.27. The number of benzene rings is 1. The predicted molar refractivity (Wildman–Crippen MR) is 85.2 cm³/mol. The van der Waals surface area contributed by atoms with Gasteiger partial charge in [0.1, 0.15) is 17.1 Å². The van der Waals surface area contributed by atoms with Gasteiger partial charge in [-0.2, -0.15) is 0 Å². The van der Waals surface area contributed by atoms with Crippen molar-refractivity contribution in [1.82, 2.24) is 30.4 Å². The third-order valence-corrected chi connectivity index (χ3v) is 4.43. The molecule has 1 aromatic carbocycles. The third kappa shape index (κ3) is 3.38. The van der Waals surface area contributed by atoms with E-state index in [4.69, 9.17) is 4.74 Å². The maximum Gasteiger partial charge on any atom is 0.264 e. The minimum absolute atomic E-state index is 0.0947. The van der Waals surface area contributed by atoms with Crippen molar-refractivity contribution in [2.24, 2.45) is 0 Å². The molecule has 1 aliphatic carbocycles. The molecule has 1 amide bonds. The van der Waals surface area contributed by atoms with Crippen molar-refractivity contribution in [3.63, 3.8) is 0 Å². The number of carbonyl (C=O) groups excluding carboxylic acids is 1. The summed E-state index contributed by atoms with van der Waals surface area (Å²) in [7, 11) is 0. The fourth-order valence-electron chi connectivity index (χ4n) is 2.06. The van der Waals surface area contributed by atoms with Crippen LogP contribution in [0.2, 0.25) is 0 Å². The van der Waals surface area contributed by atoms with E-state index in [0.717, 1.165) is 23.5 Å². The molecule has 3 aromatic rings. The molecule has 0 bridgehead atoms. The number of carbonyl (C=O) groups is 1. The van der Waals surface area contributed by atoms with Crippen molar-refractivity contribution >= 4 is 22.4 Å². The number of hydrogen-bond donors (Lipinski definition) is 1. The average Bonchev–Trinajstić information content (AvgIpc) is 3.10. The van der Waals surface area contributed by atoms with Gasteiger partial charge in [0.25, 0.3) is 5.91 Å². The van der Waals surface area contributed by atoms with Crippen molar-refractivity contribution in [2.75, 3.05) is 11.9 Å². The molecular formula is C14H13N7O2S. The van der Waals surface area contributed by atoms with Crippen LogP contribution in [0.25, 0.3) is 5.69 Å². The molecule has 2 heterocycles. The predicted octanol–water partition coefficient (Wildman–Crippen LogP) is 1.41. The van der Waals surface area contributed by atoms with Crippen LogP contribution in [0, 0.1) is 0 Å². The van der Waals surface area contributed by atoms with E-state index in [9.17, 15) is 4.79 Å². The quantitative estimate of drug-likeness (QED) is 0.721. The first-order valence-corrected chi connectivity index (χ1v) is 8.19. The van der Waals surface area contributed by atoms with E-state index in [1.807, 2.05) is 0 Å². The van der Waals surface area contributed by atoms with Gasteiger partial charge in [-0.1, -0.05) is 11.3 Å². The highest BCUT2D eigenvalue weighted by Crippen LogP contribution is 2.41. The van der Waals surface area contributed by atoms with Gasteiger partial charge in [0.05, 0.1) is 5.69 Å². The largest absolute Gasteiger partial charge is 0.484 e. The number of amides is 1. The Morgan fingerprint density at radius 1 is 1.29 bits per heavy atom. The smallest absolute Gasteiger partial charge is 0.264 e. The molecule has 1 saturated carbocycles. The molecule has 0 aliphatic heterocycles. The molecule has 4 rings (SSSR count). The van der Waals surface area contributed by atoms with E-state index < -0.39 is 0 Å². The maximum atomic E-state index is 11.9. The third-order valence-electron chi connectivity index (χ3n) is 3.43. The van der Waals surface area contributed by atoms with Crippen molar-refractivity contribution in [3.8, 4) is 11.4 Å². The molecule has 0 spiro atoms. The summed E-state index contributed by atoms with van der Waals surface area (Å²) in [5.74, 6) is 0.846. The number of ether oxygens (including phenoxy) is 1. The first-order chi connectivity index (χ1) is 11.8. The second-order valence-corrected chi connectivity index (χ2v) is 6.31. The number of hydrogen-bond acceptors (Lipinski definition) is 8. The Bertz CT molecular complexity index is 827. The lowest BCUT2D eigenvalue weighted by Gasteiger charge is -2.06. The first-order valence-electron chi connectivity index (χ1n) is 7.37. The van der Waals surface area contributed by atoms with Gasteiger partial charge in [0.2, 0.25) is 5.13 Å². The van der Waals surface area contributed by atoms with Gasteiger partial charge in [0, 0.05) is 5.92 Å². The number of nitrogens with zero attached hydrogens (tertiary/aromatic N) is 6. The van der Waals surface area contributed by atoms with Crippen LogP contribution < -0.4 is 10.1 Å². The molecule has 122 valence electrons. The van der Waals surface area contributed by atoms with Gasteiger partial charge in [-0.05, 0) is 47.5 Å². The van der Waals surface area contributed by atoms with E-state index in [0.29, 0.717) is 16.8 Å². The van der Waals surface area contributed by atoms with Gasteiger partial charge in [0.15, 0.2) is 6.61 Å². The Morgan fingerprint density at radius 3 is 2.83 bits per heavy atom. The zero-order chi connectivity index (χ0) is 16.4. The summed E-state index contributed by atoms with van der Waals surface area (Å²) in [6, 6.07) is 7.10. The number of rotatable bonds is 6. The SMILES string of the molecule is O=C(COc1ccc(-n2cnnn2)cc1)Nc1nnc(C2CC2)s1. The molecular weight excluding hydrogens is 330 g/mol. The van der Waals surface area contributed by atoms with Crippen LogP contribution in [0.15, 0.2) is 30.6 Å². The standard InChI is InChI=1S/C14H13N7O2S/c22-12(16-14-18-17-13(24-14)9-1-2-9)7-23-11-5-3-10(4-6-11)21-8-15-19-20-21/h3-6,8-9H,1-2,7H2,(H,16,18,22). The Labute approximate surface area is 140 Å².